The number of nitrogens with one attached hydrogen (secondary N) is 2. The predicted octanol–water partition coefficient (Wildman–Crippen LogP) is 4.11. The molecule has 3 rings (SSSR count). The number of aryl methyl sites for hydroxylation is 1. The van der Waals surface area contributed by atoms with Crippen LogP contribution in [-0.2, 0) is 13.0 Å². The maximum absolute atomic E-state index is 12.4. The molecule has 0 radical (unpaired) electrons. The first-order chi connectivity index (χ1) is 11.9. The van der Waals surface area contributed by atoms with Crippen LogP contribution in [0.3, 0.4) is 0 Å². The maximum Gasteiger partial charge on any atom is 0.315 e. The van der Waals surface area contributed by atoms with Gasteiger partial charge < -0.3 is 19.8 Å². The molecule has 0 saturated heterocycles. The van der Waals surface area contributed by atoms with E-state index in [1.165, 1.54) is 0 Å². The fraction of sp³-hybridized carbons (Fsp3) is 0.450. The van der Waals surface area contributed by atoms with Gasteiger partial charge in [-0.1, -0.05) is 26.0 Å². The fourth-order valence-electron chi connectivity index (χ4n) is 3.49. The molecule has 2 aromatic rings. The summed E-state index contributed by atoms with van der Waals surface area (Å²) in [6, 6.07) is 9.52. The third kappa shape index (κ3) is 4.16. The summed E-state index contributed by atoms with van der Waals surface area (Å²) >= 11 is 0. The topological polar surface area (TPSA) is 63.5 Å². The summed E-state index contributed by atoms with van der Waals surface area (Å²) in [6.45, 7) is 6.81. The van der Waals surface area contributed by atoms with Gasteiger partial charge in [0.2, 0.25) is 0 Å². The Morgan fingerprint density at radius 3 is 2.92 bits per heavy atom. The third-order valence-electron chi connectivity index (χ3n) is 4.63. The molecule has 5 heteroatoms. The molecule has 2 N–H and O–H groups in total. The predicted molar refractivity (Wildman–Crippen MR) is 96.7 cm³/mol. The molecule has 1 unspecified atom stereocenters. The van der Waals surface area contributed by atoms with E-state index in [0.29, 0.717) is 6.54 Å². The number of carbonyl (C=O) groups is 1. The van der Waals surface area contributed by atoms with Gasteiger partial charge in [0.05, 0.1) is 13.2 Å². The number of fused-ring (bicyclic) bond motifs is 1. The molecule has 1 aliphatic carbocycles. The highest BCUT2D eigenvalue weighted by Gasteiger charge is 2.35. The highest BCUT2D eigenvalue weighted by Crippen LogP contribution is 2.41. The number of amides is 2. The van der Waals surface area contributed by atoms with Crippen LogP contribution in [0.5, 0.6) is 5.75 Å². The van der Waals surface area contributed by atoms with Gasteiger partial charge >= 0.3 is 6.03 Å². The lowest BCUT2D eigenvalue weighted by Gasteiger charge is -2.34. The second-order valence-electron chi connectivity index (χ2n) is 7.51. The first-order valence-corrected chi connectivity index (χ1v) is 8.63. The number of urea groups is 1. The third-order valence-corrected chi connectivity index (χ3v) is 4.63. The zero-order valence-corrected chi connectivity index (χ0v) is 15.3. The van der Waals surface area contributed by atoms with E-state index in [1.54, 1.807) is 7.11 Å². The lowest BCUT2D eigenvalue weighted by atomic mass is 9.75. The van der Waals surface area contributed by atoms with Crippen molar-refractivity contribution < 1.29 is 13.9 Å². The summed E-state index contributed by atoms with van der Waals surface area (Å²) in [7, 11) is 1.63. The molecule has 1 atom stereocenters. The summed E-state index contributed by atoms with van der Waals surface area (Å²) < 4.78 is 11.0. The van der Waals surface area contributed by atoms with Crippen molar-refractivity contribution >= 4 is 6.03 Å². The monoisotopic (exact) mass is 342 g/mol. The van der Waals surface area contributed by atoms with Gasteiger partial charge in [-0.25, -0.2) is 4.79 Å². The van der Waals surface area contributed by atoms with Crippen LogP contribution in [0.1, 0.15) is 49.0 Å². The van der Waals surface area contributed by atoms with E-state index in [0.717, 1.165) is 41.2 Å². The number of furan rings is 1. The van der Waals surface area contributed by atoms with E-state index in [-0.39, 0.29) is 17.5 Å². The first-order valence-electron chi connectivity index (χ1n) is 8.63. The van der Waals surface area contributed by atoms with Crippen LogP contribution in [0.2, 0.25) is 0 Å². The van der Waals surface area contributed by atoms with E-state index in [9.17, 15) is 4.79 Å². The van der Waals surface area contributed by atoms with E-state index >= 15 is 0 Å². The standard InChI is InChI=1S/C20H26N2O3/c1-13-8-16-17(10-20(2,3)11-18(16)25-13)22-19(23)21-12-14-6-5-7-15(9-14)24-4/h5-9,17H,10-12H2,1-4H3,(H2,21,22,23). The summed E-state index contributed by atoms with van der Waals surface area (Å²) in [4.78, 5) is 12.4. The number of carbonyl (C=O) groups excluding carboxylic acids is 1. The molecular formula is C20H26N2O3. The molecule has 1 heterocycles. The van der Waals surface area contributed by atoms with Crippen molar-refractivity contribution in [3.8, 4) is 5.75 Å². The van der Waals surface area contributed by atoms with Crippen LogP contribution in [0.25, 0.3) is 0 Å². The van der Waals surface area contributed by atoms with Crippen LogP contribution < -0.4 is 15.4 Å². The average Bonchev–Trinajstić information content (AvgIpc) is 2.92. The van der Waals surface area contributed by atoms with Gasteiger partial charge in [-0.2, -0.15) is 0 Å². The molecule has 1 aliphatic rings. The highest BCUT2D eigenvalue weighted by atomic mass is 16.5. The van der Waals surface area contributed by atoms with Gasteiger partial charge in [0.25, 0.3) is 0 Å². The molecule has 1 aromatic carbocycles. The quantitative estimate of drug-likeness (QED) is 0.879. The number of hydrogen-bond donors (Lipinski definition) is 2. The Balaban J connectivity index is 1.64. The number of ether oxygens (including phenoxy) is 1. The second kappa shape index (κ2) is 6.82. The van der Waals surface area contributed by atoms with Gasteiger partial charge in [-0.3, -0.25) is 0 Å². The van der Waals surface area contributed by atoms with E-state index in [4.69, 9.17) is 9.15 Å². The number of benzene rings is 1. The van der Waals surface area contributed by atoms with Crippen molar-refractivity contribution in [3.05, 3.63) is 53.0 Å². The molecule has 0 saturated carbocycles. The molecule has 0 aliphatic heterocycles. The lowest BCUT2D eigenvalue weighted by Crippen LogP contribution is -2.41. The normalized spacial score (nSPS) is 18.3. The van der Waals surface area contributed by atoms with E-state index < -0.39 is 0 Å². The van der Waals surface area contributed by atoms with Crippen LogP contribution in [0, 0.1) is 12.3 Å². The van der Waals surface area contributed by atoms with Crippen molar-refractivity contribution in [2.45, 2.75) is 46.2 Å². The van der Waals surface area contributed by atoms with Crippen LogP contribution in [-0.4, -0.2) is 13.1 Å². The van der Waals surface area contributed by atoms with Gasteiger partial charge in [0.15, 0.2) is 0 Å². The van der Waals surface area contributed by atoms with Gasteiger partial charge in [-0.05, 0) is 42.5 Å². The fourth-order valence-corrected chi connectivity index (χ4v) is 3.49. The lowest BCUT2D eigenvalue weighted by molar-refractivity contribution is 0.214. The molecule has 134 valence electrons. The van der Waals surface area contributed by atoms with Gasteiger partial charge in [0, 0.05) is 18.5 Å². The van der Waals surface area contributed by atoms with Gasteiger partial charge in [-0.15, -0.1) is 0 Å². The van der Waals surface area contributed by atoms with Gasteiger partial charge in [0.1, 0.15) is 17.3 Å². The smallest absolute Gasteiger partial charge is 0.315 e. The summed E-state index contributed by atoms with van der Waals surface area (Å²) in [5, 5.41) is 6.03. The first kappa shape index (κ1) is 17.4. The van der Waals surface area contributed by atoms with Crippen molar-refractivity contribution in [1.82, 2.24) is 10.6 Å². The SMILES string of the molecule is COc1cccc(CNC(=O)NC2CC(C)(C)Cc3oc(C)cc32)c1. The molecule has 5 nitrogen and oxygen atoms in total. The van der Waals surface area contributed by atoms with Crippen LogP contribution in [0.15, 0.2) is 34.7 Å². The Morgan fingerprint density at radius 1 is 1.36 bits per heavy atom. The molecule has 2 amide bonds. The average molecular weight is 342 g/mol. The zero-order valence-electron chi connectivity index (χ0n) is 15.3. The van der Waals surface area contributed by atoms with E-state index in [1.807, 2.05) is 37.3 Å². The highest BCUT2D eigenvalue weighted by molar-refractivity contribution is 5.74. The zero-order chi connectivity index (χ0) is 18.0. The second-order valence-corrected chi connectivity index (χ2v) is 7.51. The van der Waals surface area contributed by atoms with Crippen molar-refractivity contribution in [2.75, 3.05) is 7.11 Å². The summed E-state index contributed by atoms with van der Waals surface area (Å²) in [6.07, 6.45) is 1.80. The van der Waals surface area contributed by atoms with E-state index in [2.05, 4.69) is 24.5 Å². The minimum absolute atomic E-state index is 0.0264. The molecule has 0 spiro atoms. The molecule has 25 heavy (non-hydrogen) atoms. The Bertz CT molecular complexity index is 764. The Morgan fingerprint density at radius 2 is 2.16 bits per heavy atom. The van der Waals surface area contributed by atoms with Crippen LogP contribution in [0.4, 0.5) is 4.79 Å². The summed E-state index contributed by atoms with van der Waals surface area (Å²) in [5.74, 6) is 2.67. The largest absolute Gasteiger partial charge is 0.497 e. The van der Waals surface area contributed by atoms with Crippen molar-refractivity contribution in [1.29, 1.82) is 0 Å². The molecular weight excluding hydrogens is 316 g/mol. The Hall–Kier alpha value is -2.43. The summed E-state index contributed by atoms with van der Waals surface area (Å²) in [5.41, 5.74) is 2.20. The Kier molecular flexibility index (Phi) is 4.75. The molecule has 0 bridgehead atoms. The van der Waals surface area contributed by atoms with Crippen LogP contribution >= 0.6 is 0 Å². The molecule has 1 aromatic heterocycles. The maximum atomic E-state index is 12.4. The number of hydrogen-bond acceptors (Lipinski definition) is 3. The Labute approximate surface area is 148 Å². The van der Waals surface area contributed by atoms with Crippen molar-refractivity contribution in [2.24, 2.45) is 5.41 Å². The molecule has 0 fully saturated rings. The minimum Gasteiger partial charge on any atom is -0.497 e. The minimum atomic E-state index is -0.171. The number of rotatable bonds is 4. The number of methoxy groups -OCH3 is 1. The van der Waals surface area contributed by atoms with Crippen molar-refractivity contribution in [3.63, 3.8) is 0 Å².